The molecular weight excluding hydrogens is 396 g/mol. The lowest BCUT2D eigenvalue weighted by Crippen LogP contribution is -2.27. The zero-order valence-electron chi connectivity index (χ0n) is 15.1. The molecule has 3 aromatic rings. The average molecular weight is 412 g/mol. The van der Waals surface area contributed by atoms with E-state index in [4.69, 9.17) is 4.42 Å². The first-order valence-electron chi connectivity index (χ1n) is 8.81. The fraction of sp³-hybridized carbons (Fsp3) is 0.211. The van der Waals surface area contributed by atoms with Crippen LogP contribution in [0, 0.1) is 16.0 Å². The second-order valence-corrected chi connectivity index (χ2v) is 7.45. The van der Waals surface area contributed by atoms with Gasteiger partial charge in [-0.25, -0.2) is 4.98 Å². The lowest BCUT2D eigenvalue weighted by Gasteiger charge is -2.14. The molecule has 9 nitrogen and oxygen atoms in total. The summed E-state index contributed by atoms with van der Waals surface area (Å²) < 4.78 is 5.26. The quantitative estimate of drug-likeness (QED) is 0.490. The van der Waals surface area contributed by atoms with Crippen LogP contribution in [0.3, 0.4) is 0 Å². The van der Waals surface area contributed by atoms with Crippen molar-refractivity contribution < 1.29 is 18.9 Å². The molecule has 4 rings (SSSR count). The molecule has 2 amide bonds. The van der Waals surface area contributed by atoms with Crippen LogP contribution in [0.5, 0.6) is 0 Å². The third-order valence-electron chi connectivity index (χ3n) is 4.60. The van der Waals surface area contributed by atoms with Gasteiger partial charge in [-0.3, -0.25) is 19.7 Å². The van der Waals surface area contributed by atoms with E-state index in [1.165, 1.54) is 23.5 Å². The first kappa shape index (κ1) is 18.8. The van der Waals surface area contributed by atoms with Crippen molar-refractivity contribution in [3.63, 3.8) is 0 Å². The van der Waals surface area contributed by atoms with Crippen molar-refractivity contribution in [2.45, 2.75) is 13.0 Å². The van der Waals surface area contributed by atoms with Gasteiger partial charge in [0.2, 0.25) is 11.8 Å². The molecule has 10 heteroatoms. The van der Waals surface area contributed by atoms with Gasteiger partial charge in [0, 0.05) is 36.0 Å². The Labute approximate surface area is 169 Å². The van der Waals surface area contributed by atoms with Crippen LogP contribution < -0.4 is 5.32 Å². The van der Waals surface area contributed by atoms with E-state index in [1.54, 1.807) is 40.8 Å². The van der Waals surface area contributed by atoms with E-state index in [-0.39, 0.29) is 23.9 Å². The summed E-state index contributed by atoms with van der Waals surface area (Å²) in [4.78, 5) is 41.1. The molecule has 0 radical (unpaired) electrons. The number of likely N-dealkylation sites (tertiary alicyclic amines) is 1. The second-order valence-electron chi connectivity index (χ2n) is 6.59. The van der Waals surface area contributed by atoms with Crippen LogP contribution in [0.4, 0.5) is 10.8 Å². The number of carbonyl (C=O) groups is 2. The summed E-state index contributed by atoms with van der Waals surface area (Å²) in [6.45, 7) is 0.651. The second kappa shape index (κ2) is 7.84. The molecule has 29 heavy (non-hydrogen) atoms. The van der Waals surface area contributed by atoms with Gasteiger partial charge in [0.05, 0.1) is 29.3 Å². The highest BCUT2D eigenvalue weighted by atomic mass is 32.1. The van der Waals surface area contributed by atoms with E-state index in [9.17, 15) is 19.7 Å². The van der Waals surface area contributed by atoms with Crippen molar-refractivity contribution in [2.75, 3.05) is 11.9 Å². The van der Waals surface area contributed by atoms with Crippen molar-refractivity contribution in [1.29, 1.82) is 0 Å². The molecule has 0 saturated carbocycles. The molecule has 1 saturated heterocycles. The van der Waals surface area contributed by atoms with E-state index >= 15 is 0 Å². The predicted molar refractivity (Wildman–Crippen MR) is 105 cm³/mol. The Morgan fingerprint density at radius 2 is 2.24 bits per heavy atom. The van der Waals surface area contributed by atoms with Crippen LogP contribution in [0.2, 0.25) is 0 Å². The number of furan rings is 1. The van der Waals surface area contributed by atoms with Gasteiger partial charge in [-0.1, -0.05) is 12.1 Å². The highest BCUT2D eigenvalue weighted by molar-refractivity contribution is 7.14. The maximum Gasteiger partial charge on any atom is 0.270 e. The number of thiazole rings is 1. The summed E-state index contributed by atoms with van der Waals surface area (Å²) in [5.74, 6) is -0.179. The molecular formula is C19H16N4O5S. The first-order chi connectivity index (χ1) is 14.0. The molecule has 1 aliphatic heterocycles. The van der Waals surface area contributed by atoms with Gasteiger partial charge in [0.15, 0.2) is 5.13 Å². The number of benzene rings is 1. The lowest BCUT2D eigenvalue weighted by atomic mass is 10.1. The molecule has 1 fully saturated rings. The van der Waals surface area contributed by atoms with E-state index in [1.807, 2.05) is 0 Å². The topological polar surface area (TPSA) is 119 Å². The highest BCUT2D eigenvalue weighted by Gasteiger charge is 2.35. The van der Waals surface area contributed by atoms with Crippen molar-refractivity contribution in [3.8, 4) is 11.3 Å². The van der Waals surface area contributed by atoms with Gasteiger partial charge in [-0.05, 0) is 12.1 Å². The third kappa shape index (κ3) is 4.16. The number of nitro benzene ring substituents is 1. The molecule has 1 atom stereocenters. The number of nitrogens with one attached hydrogen (secondary N) is 1. The minimum absolute atomic E-state index is 0.0257. The number of nitro groups is 1. The number of rotatable bonds is 6. The summed E-state index contributed by atoms with van der Waals surface area (Å²) >= 11 is 1.22. The summed E-state index contributed by atoms with van der Waals surface area (Å²) in [6, 6.07) is 9.68. The summed E-state index contributed by atoms with van der Waals surface area (Å²) in [5, 5.41) is 15.8. The Balaban J connectivity index is 1.40. The molecule has 1 unspecified atom stereocenters. The Morgan fingerprint density at radius 1 is 1.38 bits per heavy atom. The van der Waals surface area contributed by atoms with E-state index < -0.39 is 10.8 Å². The smallest absolute Gasteiger partial charge is 0.270 e. The summed E-state index contributed by atoms with van der Waals surface area (Å²) in [6.07, 6.45) is 1.68. The van der Waals surface area contributed by atoms with Crippen molar-refractivity contribution in [3.05, 3.63) is 63.9 Å². The Bertz CT molecular complexity index is 1060. The maximum absolute atomic E-state index is 12.6. The number of aromatic nitrogens is 1. The van der Waals surface area contributed by atoms with Crippen LogP contribution in [-0.4, -0.2) is 33.2 Å². The highest BCUT2D eigenvalue weighted by Crippen LogP contribution is 2.28. The summed E-state index contributed by atoms with van der Waals surface area (Å²) in [5.41, 5.74) is 1.11. The maximum atomic E-state index is 12.6. The molecule has 1 N–H and O–H groups in total. The van der Waals surface area contributed by atoms with Gasteiger partial charge in [-0.2, -0.15) is 0 Å². The minimum Gasteiger partial charge on any atom is -0.467 e. The van der Waals surface area contributed by atoms with Gasteiger partial charge < -0.3 is 14.6 Å². The van der Waals surface area contributed by atoms with Gasteiger partial charge in [-0.15, -0.1) is 11.3 Å². The molecule has 0 aliphatic carbocycles. The van der Waals surface area contributed by atoms with Crippen LogP contribution in [0.1, 0.15) is 12.2 Å². The third-order valence-corrected chi connectivity index (χ3v) is 5.36. The molecule has 148 valence electrons. The number of carbonyl (C=O) groups excluding carboxylic acids is 2. The molecule has 1 aromatic carbocycles. The number of hydrogen-bond donors (Lipinski definition) is 1. The molecule has 0 spiro atoms. The average Bonchev–Trinajstić information content (AvgIpc) is 3.45. The SMILES string of the molecule is O=C(Nc1nc(-c2cccc([N+](=O)[O-])c2)cs1)C1CC(=O)N(Cc2ccco2)C1. The van der Waals surface area contributed by atoms with Crippen molar-refractivity contribution in [1.82, 2.24) is 9.88 Å². The number of non-ortho nitro benzene ring substituents is 1. The van der Waals surface area contributed by atoms with E-state index in [2.05, 4.69) is 10.3 Å². The van der Waals surface area contributed by atoms with Gasteiger partial charge in [0.25, 0.3) is 5.69 Å². The number of hydrogen-bond acceptors (Lipinski definition) is 7. The largest absolute Gasteiger partial charge is 0.467 e. The Hall–Kier alpha value is -3.53. The Kier molecular flexibility index (Phi) is 5.09. The van der Waals surface area contributed by atoms with Gasteiger partial charge in [0.1, 0.15) is 5.76 Å². The van der Waals surface area contributed by atoms with Crippen LogP contribution in [0.25, 0.3) is 11.3 Å². The molecule has 3 heterocycles. The van der Waals surface area contributed by atoms with E-state index in [0.29, 0.717) is 35.2 Å². The normalized spacial score (nSPS) is 16.2. The number of anilines is 1. The van der Waals surface area contributed by atoms with Crippen LogP contribution in [0.15, 0.2) is 52.5 Å². The summed E-state index contributed by atoms with van der Waals surface area (Å²) in [7, 11) is 0. The number of amides is 2. The van der Waals surface area contributed by atoms with Gasteiger partial charge >= 0.3 is 0 Å². The molecule has 2 aromatic heterocycles. The van der Waals surface area contributed by atoms with Crippen molar-refractivity contribution >= 4 is 34.0 Å². The predicted octanol–water partition coefficient (Wildman–Crippen LogP) is 3.30. The monoisotopic (exact) mass is 412 g/mol. The first-order valence-corrected chi connectivity index (χ1v) is 9.69. The minimum atomic E-state index is -0.470. The fourth-order valence-corrected chi connectivity index (χ4v) is 3.86. The zero-order valence-corrected chi connectivity index (χ0v) is 15.9. The van der Waals surface area contributed by atoms with Crippen molar-refractivity contribution in [2.24, 2.45) is 5.92 Å². The zero-order chi connectivity index (χ0) is 20.4. The fourth-order valence-electron chi connectivity index (χ4n) is 3.14. The molecule has 0 bridgehead atoms. The number of nitrogens with zero attached hydrogens (tertiary/aromatic N) is 3. The van der Waals surface area contributed by atoms with Crippen LogP contribution >= 0.6 is 11.3 Å². The van der Waals surface area contributed by atoms with E-state index in [0.717, 1.165) is 0 Å². The Morgan fingerprint density at radius 3 is 3.00 bits per heavy atom. The molecule has 1 aliphatic rings. The van der Waals surface area contributed by atoms with Crippen LogP contribution in [-0.2, 0) is 16.1 Å². The lowest BCUT2D eigenvalue weighted by molar-refractivity contribution is -0.384. The standard InChI is InChI=1S/C19H16N4O5S/c24-17-8-13(9-22(17)10-15-5-2-6-28-15)18(25)21-19-20-16(11-29-19)12-3-1-4-14(7-12)23(26)27/h1-7,11,13H,8-10H2,(H,20,21,25).